The summed E-state index contributed by atoms with van der Waals surface area (Å²) in [4.78, 5) is 26.3. The summed E-state index contributed by atoms with van der Waals surface area (Å²) < 4.78 is 12.4. The molecule has 0 amide bonds. The Labute approximate surface area is 172 Å². The molecule has 2 N–H and O–H groups in total. The van der Waals surface area contributed by atoms with Gasteiger partial charge in [-0.1, -0.05) is 18.1 Å². The van der Waals surface area contributed by atoms with Crippen molar-refractivity contribution in [1.82, 2.24) is 14.7 Å². The number of nitrogens with zero attached hydrogens (tertiary/aromatic N) is 2. The maximum atomic E-state index is 12.1. The van der Waals surface area contributed by atoms with E-state index in [1.54, 1.807) is 10.6 Å². The molecule has 3 atom stereocenters. The van der Waals surface area contributed by atoms with Crippen molar-refractivity contribution in [3.8, 4) is 0 Å². The van der Waals surface area contributed by atoms with Gasteiger partial charge in [0.1, 0.15) is 11.2 Å². The van der Waals surface area contributed by atoms with Crippen molar-refractivity contribution in [2.75, 3.05) is 6.61 Å². The number of benzene rings is 1. The number of carboxylic acid groups (broad SMARTS) is 1. The molecular weight excluding hydrogens is 386 g/mol. The highest BCUT2D eigenvalue weighted by Gasteiger charge is 2.59. The largest absolute Gasteiger partial charge is 0.477 e. The smallest absolute Gasteiger partial charge is 0.438 e. The number of rotatable bonds is 4. The second-order valence-corrected chi connectivity index (χ2v) is 9.26. The van der Waals surface area contributed by atoms with Crippen molar-refractivity contribution < 1.29 is 19.2 Å². The number of H-pyrrole nitrogens is 1. The summed E-state index contributed by atoms with van der Waals surface area (Å²) in [6.45, 7) is 6.95. The second-order valence-electron chi connectivity index (χ2n) is 9.26. The Kier molecular flexibility index (Phi) is 4.02. The van der Waals surface area contributed by atoms with Gasteiger partial charge in [-0.3, -0.25) is 9.51 Å². The first-order valence-electron chi connectivity index (χ1n) is 10.3. The summed E-state index contributed by atoms with van der Waals surface area (Å²) >= 11 is 0. The normalized spacial score (nSPS) is 28.0. The molecule has 2 aliphatic rings. The average molecular weight is 411 g/mol. The number of nitrogens with one attached hydrogen (secondary N) is 1. The van der Waals surface area contributed by atoms with E-state index in [0.29, 0.717) is 18.2 Å². The van der Waals surface area contributed by atoms with Crippen molar-refractivity contribution in [2.45, 2.75) is 57.1 Å². The zero-order chi connectivity index (χ0) is 21.3. The number of hydrogen-bond acceptors (Lipinski definition) is 5. The molecule has 0 radical (unpaired) electrons. The lowest BCUT2D eigenvalue weighted by Crippen LogP contribution is -2.32. The van der Waals surface area contributed by atoms with Crippen LogP contribution in [0.1, 0.15) is 67.8 Å². The van der Waals surface area contributed by atoms with Crippen LogP contribution in [0.3, 0.4) is 0 Å². The predicted molar refractivity (Wildman–Crippen MR) is 109 cm³/mol. The van der Waals surface area contributed by atoms with E-state index in [1.807, 2.05) is 13.0 Å². The predicted octanol–water partition coefficient (Wildman–Crippen LogP) is 3.47. The number of aromatic carboxylic acids is 1. The van der Waals surface area contributed by atoms with E-state index in [1.165, 1.54) is 5.56 Å². The molecule has 2 aromatic heterocycles. The van der Waals surface area contributed by atoms with Crippen LogP contribution in [0.5, 0.6) is 0 Å². The third-order valence-corrected chi connectivity index (χ3v) is 6.74. The number of aromatic amines is 1. The fraction of sp³-hybridized carbons (Fsp3) is 0.500. The van der Waals surface area contributed by atoms with Crippen LogP contribution in [0.25, 0.3) is 10.9 Å². The first kappa shape index (κ1) is 19.1. The fourth-order valence-corrected chi connectivity index (χ4v) is 5.16. The third kappa shape index (κ3) is 2.81. The molecule has 8 nitrogen and oxygen atoms in total. The maximum absolute atomic E-state index is 12.1. The van der Waals surface area contributed by atoms with E-state index in [0.717, 1.165) is 30.4 Å². The molecule has 5 rings (SSSR count). The van der Waals surface area contributed by atoms with Crippen molar-refractivity contribution in [3.63, 3.8) is 0 Å². The summed E-state index contributed by atoms with van der Waals surface area (Å²) in [5.41, 5.74) is 1.31. The number of carboxylic acids is 1. The van der Waals surface area contributed by atoms with Gasteiger partial charge in [0, 0.05) is 17.5 Å². The number of aromatic nitrogens is 3. The first-order valence-corrected chi connectivity index (χ1v) is 10.3. The van der Waals surface area contributed by atoms with Gasteiger partial charge in [0.15, 0.2) is 5.82 Å². The Bertz CT molecular complexity index is 1200. The monoisotopic (exact) mass is 411 g/mol. The van der Waals surface area contributed by atoms with E-state index in [9.17, 15) is 14.7 Å². The van der Waals surface area contributed by atoms with Gasteiger partial charge >= 0.3 is 11.7 Å². The molecule has 158 valence electrons. The Morgan fingerprint density at radius 3 is 2.67 bits per heavy atom. The van der Waals surface area contributed by atoms with Crippen molar-refractivity contribution in [3.05, 3.63) is 51.9 Å². The lowest BCUT2D eigenvalue weighted by molar-refractivity contribution is -0.0592. The number of ether oxygens (including phenoxy) is 1. The zero-order valence-corrected chi connectivity index (χ0v) is 17.3. The van der Waals surface area contributed by atoms with Crippen LogP contribution in [0.2, 0.25) is 0 Å². The van der Waals surface area contributed by atoms with Crippen molar-refractivity contribution in [1.29, 1.82) is 0 Å². The Balaban J connectivity index is 1.65. The minimum atomic E-state index is -1.01. The van der Waals surface area contributed by atoms with Gasteiger partial charge in [-0.05, 0) is 68.7 Å². The van der Waals surface area contributed by atoms with Gasteiger partial charge in [0.2, 0.25) is 0 Å². The lowest BCUT2D eigenvalue weighted by Gasteiger charge is -2.35. The number of fused-ring (bicyclic) bond motifs is 1. The number of carbonyl (C=O) groups is 1. The summed E-state index contributed by atoms with van der Waals surface area (Å²) in [5, 5.41) is 14.7. The molecule has 3 aromatic rings. The van der Waals surface area contributed by atoms with E-state index >= 15 is 0 Å². The molecule has 30 heavy (non-hydrogen) atoms. The highest BCUT2D eigenvalue weighted by Crippen LogP contribution is 2.55. The zero-order valence-electron chi connectivity index (χ0n) is 17.3. The lowest BCUT2D eigenvalue weighted by atomic mass is 9.83. The molecule has 0 bridgehead atoms. The van der Waals surface area contributed by atoms with Crippen LogP contribution in [-0.4, -0.2) is 38.0 Å². The molecule has 1 aliphatic heterocycles. The summed E-state index contributed by atoms with van der Waals surface area (Å²) in [6, 6.07) is 7.89. The van der Waals surface area contributed by atoms with Crippen LogP contribution in [0.15, 0.2) is 33.6 Å². The molecule has 1 saturated carbocycles. The molecule has 1 aliphatic carbocycles. The second kappa shape index (κ2) is 6.31. The molecular formula is C22H25N3O5. The fourth-order valence-electron chi connectivity index (χ4n) is 5.16. The Morgan fingerprint density at radius 2 is 2.07 bits per heavy atom. The summed E-state index contributed by atoms with van der Waals surface area (Å²) in [5.74, 6) is -0.792. The standard InChI is InChI=1S/C22H25N3O5/c1-12-10-22(12,19-23-20(28)30-24-19)25-16-5-4-13(8-15(16)9-17(25)18(26)27)14-6-7-29-21(2,3)11-14/h4-5,8-9,12,14H,6-7,10-11H2,1-3H3,(H,26,27)(H,23,24,28)/t12-,14-,22-/m1/s1. The van der Waals surface area contributed by atoms with Gasteiger partial charge in [0.25, 0.3) is 0 Å². The molecule has 2 fully saturated rings. The minimum Gasteiger partial charge on any atom is -0.477 e. The summed E-state index contributed by atoms with van der Waals surface area (Å²) in [7, 11) is 0. The quantitative estimate of drug-likeness (QED) is 0.680. The molecule has 0 unspecified atom stereocenters. The van der Waals surface area contributed by atoms with Gasteiger partial charge in [-0.15, -0.1) is 0 Å². The highest BCUT2D eigenvalue weighted by molar-refractivity contribution is 5.95. The van der Waals surface area contributed by atoms with Crippen molar-refractivity contribution in [2.24, 2.45) is 5.92 Å². The first-order chi connectivity index (χ1) is 14.2. The van der Waals surface area contributed by atoms with E-state index in [2.05, 4.69) is 36.1 Å². The molecule has 3 heterocycles. The van der Waals surface area contributed by atoms with Crippen LogP contribution >= 0.6 is 0 Å². The minimum absolute atomic E-state index is 0.114. The molecule has 1 aromatic carbocycles. The van der Waals surface area contributed by atoms with E-state index < -0.39 is 17.3 Å². The average Bonchev–Trinajstić information content (AvgIpc) is 3.03. The number of hydrogen-bond donors (Lipinski definition) is 2. The highest BCUT2D eigenvalue weighted by atomic mass is 16.5. The van der Waals surface area contributed by atoms with Crippen LogP contribution in [0, 0.1) is 5.92 Å². The van der Waals surface area contributed by atoms with Gasteiger partial charge in [-0.25, -0.2) is 9.59 Å². The SMILES string of the molecule is C[C@@H]1C[C@@]1(c1noc(=O)[nH]1)n1c(C(=O)O)cc2cc([C@@H]3CCOC(C)(C)C3)ccc21. The van der Waals surface area contributed by atoms with Gasteiger partial charge < -0.3 is 14.4 Å². The van der Waals surface area contributed by atoms with Gasteiger partial charge in [-0.2, -0.15) is 0 Å². The van der Waals surface area contributed by atoms with E-state index in [-0.39, 0.29) is 17.2 Å². The molecule has 0 spiro atoms. The Hall–Kier alpha value is -2.87. The van der Waals surface area contributed by atoms with E-state index in [4.69, 9.17) is 9.26 Å². The topological polar surface area (TPSA) is 110 Å². The van der Waals surface area contributed by atoms with Crippen LogP contribution < -0.4 is 5.76 Å². The van der Waals surface area contributed by atoms with Gasteiger partial charge in [0.05, 0.1) is 5.60 Å². The van der Waals surface area contributed by atoms with Crippen molar-refractivity contribution >= 4 is 16.9 Å². The van der Waals surface area contributed by atoms with Crippen LogP contribution in [0.4, 0.5) is 0 Å². The third-order valence-electron chi connectivity index (χ3n) is 6.74. The molecule has 1 saturated heterocycles. The Morgan fingerprint density at radius 1 is 1.30 bits per heavy atom. The molecule has 8 heteroatoms. The van der Waals surface area contributed by atoms with Crippen LogP contribution in [-0.2, 0) is 10.3 Å². The maximum Gasteiger partial charge on any atom is 0.438 e. The summed E-state index contributed by atoms with van der Waals surface area (Å²) in [6.07, 6.45) is 2.55.